The predicted octanol–water partition coefficient (Wildman–Crippen LogP) is 3.91. The van der Waals surface area contributed by atoms with E-state index in [2.05, 4.69) is 0 Å². The average Bonchev–Trinajstić information content (AvgIpc) is 3.23. The van der Waals surface area contributed by atoms with Gasteiger partial charge in [-0.3, -0.25) is 9.59 Å². The van der Waals surface area contributed by atoms with Crippen LogP contribution >= 0.6 is 11.3 Å². The van der Waals surface area contributed by atoms with Crippen LogP contribution in [0, 0.1) is 5.82 Å². The number of amides is 2. The minimum absolute atomic E-state index is 0.0468. The van der Waals surface area contributed by atoms with Gasteiger partial charge in [0.1, 0.15) is 34.5 Å². The summed E-state index contributed by atoms with van der Waals surface area (Å²) in [6, 6.07) is 8.85. The van der Waals surface area contributed by atoms with E-state index in [9.17, 15) is 23.9 Å². The van der Waals surface area contributed by atoms with Crippen LogP contribution in [0.1, 0.15) is 31.2 Å². The van der Waals surface area contributed by atoms with Crippen molar-refractivity contribution in [3.05, 3.63) is 69.2 Å². The van der Waals surface area contributed by atoms with Gasteiger partial charge in [0.2, 0.25) is 5.91 Å². The molecule has 33 heavy (non-hydrogen) atoms. The van der Waals surface area contributed by atoms with Crippen LogP contribution in [0.4, 0.5) is 10.1 Å². The lowest BCUT2D eigenvalue weighted by Gasteiger charge is -2.26. The van der Waals surface area contributed by atoms with Crippen LogP contribution in [-0.2, 0) is 17.8 Å². The van der Waals surface area contributed by atoms with Crippen LogP contribution in [0.5, 0.6) is 17.2 Å². The molecule has 4 rings (SSSR count). The van der Waals surface area contributed by atoms with Gasteiger partial charge in [0.25, 0.3) is 5.91 Å². The van der Waals surface area contributed by atoms with E-state index in [1.54, 1.807) is 18.2 Å². The molecule has 0 radical (unpaired) electrons. The van der Waals surface area contributed by atoms with Gasteiger partial charge in [-0.2, -0.15) is 0 Å². The quantitative estimate of drug-likeness (QED) is 0.521. The molecular weight excluding hydrogens is 453 g/mol. The summed E-state index contributed by atoms with van der Waals surface area (Å²) in [7, 11) is 3.04. The molecule has 8 nitrogen and oxygen atoms in total. The third-order valence-electron chi connectivity index (χ3n) is 5.11. The molecule has 3 aromatic rings. The molecule has 0 bridgehead atoms. The van der Waals surface area contributed by atoms with Gasteiger partial charge in [-0.15, -0.1) is 11.3 Å². The second-order valence-corrected chi connectivity index (χ2v) is 7.94. The summed E-state index contributed by atoms with van der Waals surface area (Å²) < 4.78 is 31.0. The number of imide groups is 1. The molecule has 2 aromatic carbocycles. The monoisotopic (exact) mass is 471 g/mol. The van der Waals surface area contributed by atoms with Crippen molar-refractivity contribution >= 4 is 34.8 Å². The van der Waals surface area contributed by atoms with E-state index in [4.69, 9.17) is 14.2 Å². The molecule has 0 spiro atoms. The highest BCUT2D eigenvalue weighted by Crippen LogP contribution is 2.34. The normalized spacial score (nSPS) is 13.0. The number of carbonyl (C=O) groups is 3. The highest BCUT2D eigenvalue weighted by molar-refractivity contribution is 7.12. The zero-order chi connectivity index (χ0) is 23.7. The molecule has 1 aliphatic rings. The van der Waals surface area contributed by atoms with E-state index >= 15 is 0 Å². The number of hydrogen-bond donors (Lipinski definition) is 1. The molecule has 170 valence electrons. The zero-order valence-corrected chi connectivity index (χ0v) is 18.4. The summed E-state index contributed by atoms with van der Waals surface area (Å²) in [5, 5.41) is 10.8. The van der Waals surface area contributed by atoms with Gasteiger partial charge in [0, 0.05) is 11.6 Å². The molecule has 0 aliphatic carbocycles. The Kier molecular flexibility index (Phi) is 6.01. The molecule has 2 heterocycles. The maximum atomic E-state index is 14.7. The van der Waals surface area contributed by atoms with Gasteiger partial charge < -0.3 is 19.3 Å². The van der Waals surface area contributed by atoms with Crippen LogP contribution < -0.4 is 19.1 Å². The predicted molar refractivity (Wildman–Crippen MR) is 117 cm³/mol. The largest absolute Gasteiger partial charge is 0.497 e. The lowest BCUT2D eigenvalue weighted by molar-refractivity contribution is -0.117. The molecule has 1 N–H and O–H groups in total. The first-order chi connectivity index (χ1) is 15.8. The summed E-state index contributed by atoms with van der Waals surface area (Å²) in [6.07, 6.45) is -0.212. The molecule has 0 saturated heterocycles. The number of fused-ring (bicyclic) bond motifs is 1. The number of carboxylic acids is 1. The maximum absolute atomic E-state index is 14.7. The first-order valence-corrected chi connectivity index (χ1v) is 10.6. The first-order valence-electron chi connectivity index (χ1n) is 9.68. The summed E-state index contributed by atoms with van der Waals surface area (Å²) in [5.41, 5.74) is 0.579. The van der Waals surface area contributed by atoms with Crippen molar-refractivity contribution in [2.45, 2.75) is 13.0 Å². The molecule has 0 atom stereocenters. The van der Waals surface area contributed by atoms with E-state index in [-0.39, 0.29) is 34.9 Å². The molecule has 10 heteroatoms. The van der Waals surface area contributed by atoms with Gasteiger partial charge in [0.15, 0.2) is 0 Å². The Hall–Kier alpha value is -3.92. The molecule has 0 unspecified atom stereocenters. The fraction of sp³-hybridized carbons (Fsp3) is 0.174. The molecule has 0 saturated carbocycles. The summed E-state index contributed by atoms with van der Waals surface area (Å²) in [5.74, 6) is -2.29. The van der Waals surface area contributed by atoms with E-state index in [1.165, 1.54) is 31.7 Å². The summed E-state index contributed by atoms with van der Waals surface area (Å²) in [6.45, 7) is 0.0468. The number of carboxylic acid groups (broad SMARTS) is 1. The Morgan fingerprint density at radius 2 is 1.88 bits per heavy atom. The fourth-order valence-electron chi connectivity index (χ4n) is 3.54. The highest BCUT2D eigenvalue weighted by atomic mass is 32.1. The van der Waals surface area contributed by atoms with Gasteiger partial charge in [-0.05, 0) is 41.3 Å². The average molecular weight is 471 g/mol. The van der Waals surface area contributed by atoms with E-state index in [0.717, 1.165) is 17.4 Å². The van der Waals surface area contributed by atoms with Gasteiger partial charge >= 0.3 is 5.97 Å². The number of carbonyl (C=O) groups excluding carboxylic acids is 2. The van der Waals surface area contributed by atoms with E-state index in [1.807, 2.05) is 0 Å². The highest BCUT2D eigenvalue weighted by Gasteiger charge is 2.38. The number of thiophene rings is 1. The van der Waals surface area contributed by atoms with Crippen LogP contribution in [-0.4, -0.2) is 37.1 Å². The lowest BCUT2D eigenvalue weighted by atomic mass is 10.0. The molecule has 2 amide bonds. The number of ether oxygens (including phenoxy) is 3. The minimum atomic E-state index is -1.28. The topological polar surface area (TPSA) is 102 Å². The maximum Gasteiger partial charge on any atom is 0.346 e. The Morgan fingerprint density at radius 3 is 2.58 bits per heavy atom. The number of benzene rings is 2. The van der Waals surface area contributed by atoms with Gasteiger partial charge in [-0.1, -0.05) is 0 Å². The Morgan fingerprint density at radius 1 is 1.12 bits per heavy atom. The fourth-order valence-corrected chi connectivity index (χ4v) is 4.43. The van der Waals surface area contributed by atoms with Gasteiger partial charge in [-0.25, -0.2) is 14.1 Å². The molecule has 1 aromatic heterocycles. The summed E-state index contributed by atoms with van der Waals surface area (Å²) >= 11 is 0.856. The van der Waals surface area contributed by atoms with Crippen molar-refractivity contribution in [1.82, 2.24) is 0 Å². The standard InChI is InChI=1S/C23H18FNO7S/c1-30-14-4-6-18(31-2)12(7-14)10-32-15-3-5-16(24)17(9-15)25-19(26)8-13-11-33-21(23(28)29)20(13)22(25)27/h3-7,9,11H,8,10H2,1-2H3,(H,28,29). The SMILES string of the molecule is COc1ccc(OC)c(COc2ccc(F)c(N3C(=O)Cc4csc(C(=O)O)c4C3=O)c2)c1. The van der Waals surface area contributed by atoms with E-state index in [0.29, 0.717) is 27.5 Å². The van der Waals surface area contributed by atoms with Gasteiger partial charge in [0.05, 0.1) is 31.9 Å². The number of nitrogens with zero attached hydrogens (tertiary/aromatic N) is 1. The Balaban J connectivity index is 1.64. The second kappa shape index (κ2) is 8.91. The number of hydrogen-bond acceptors (Lipinski definition) is 7. The number of anilines is 1. The van der Waals surface area contributed by atoms with Crippen LogP contribution in [0.25, 0.3) is 0 Å². The van der Waals surface area contributed by atoms with Crippen LogP contribution in [0.2, 0.25) is 0 Å². The van der Waals surface area contributed by atoms with E-state index < -0.39 is 23.6 Å². The van der Waals surface area contributed by atoms with Crippen molar-refractivity contribution in [2.75, 3.05) is 19.1 Å². The van der Waals surface area contributed by atoms with Crippen LogP contribution in [0.3, 0.4) is 0 Å². The number of methoxy groups -OCH3 is 2. The smallest absolute Gasteiger partial charge is 0.346 e. The van der Waals surface area contributed by atoms with Crippen molar-refractivity contribution < 1.29 is 38.1 Å². The molecule has 0 fully saturated rings. The van der Waals surface area contributed by atoms with Crippen molar-refractivity contribution in [3.8, 4) is 17.2 Å². The lowest BCUT2D eigenvalue weighted by Crippen LogP contribution is -2.43. The second-order valence-electron chi connectivity index (χ2n) is 7.06. The van der Waals surface area contributed by atoms with Crippen molar-refractivity contribution in [1.29, 1.82) is 0 Å². The minimum Gasteiger partial charge on any atom is -0.497 e. The number of aromatic carboxylic acids is 1. The Bertz CT molecular complexity index is 1270. The number of rotatable bonds is 7. The van der Waals surface area contributed by atoms with Crippen molar-refractivity contribution in [3.63, 3.8) is 0 Å². The Labute approximate surface area is 191 Å². The number of halogens is 1. The zero-order valence-electron chi connectivity index (χ0n) is 17.6. The third kappa shape index (κ3) is 4.12. The van der Waals surface area contributed by atoms with Crippen LogP contribution in [0.15, 0.2) is 41.8 Å². The molecule has 1 aliphatic heterocycles. The first kappa shape index (κ1) is 22.3. The van der Waals surface area contributed by atoms with Crippen molar-refractivity contribution in [2.24, 2.45) is 0 Å². The third-order valence-corrected chi connectivity index (χ3v) is 6.13. The molecular formula is C23H18FNO7S. The summed E-state index contributed by atoms with van der Waals surface area (Å²) in [4.78, 5) is 37.6.